The van der Waals surface area contributed by atoms with Crippen molar-refractivity contribution < 1.29 is 22.7 Å². The summed E-state index contributed by atoms with van der Waals surface area (Å²) in [5, 5.41) is 14.3. The number of methoxy groups -OCH3 is 1. The van der Waals surface area contributed by atoms with Crippen LogP contribution in [0.25, 0.3) is 10.2 Å². The van der Waals surface area contributed by atoms with E-state index in [-0.39, 0.29) is 32.9 Å². The van der Waals surface area contributed by atoms with Gasteiger partial charge < -0.3 is 10.1 Å². The molecule has 0 aliphatic carbocycles. The predicted octanol–water partition coefficient (Wildman–Crippen LogP) is 3.18. The quantitative estimate of drug-likeness (QED) is 0.752. The van der Waals surface area contributed by atoms with Gasteiger partial charge in [-0.3, -0.25) is 9.48 Å². The number of fused-ring (bicyclic) bond motifs is 1. The van der Waals surface area contributed by atoms with Crippen LogP contribution in [-0.2, 0) is 13.2 Å². The monoisotopic (exact) mass is 381 g/mol. The highest BCUT2D eigenvalue weighted by molar-refractivity contribution is 7.19. The number of benzene rings is 1. The van der Waals surface area contributed by atoms with Gasteiger partial charge in [0.15, 0.2) is 5.01 Å². The topological polar surface area (TPSA) is 92.8 Å². The molecule has 2 aromatic heterocycles. The minimum Gasteiger partial charge on any atom is -0.494 e. The highest BCUT2D eigenvalue weighted by Crippen LogP contribution is 2.40. The van der Waals surface area contributed by atoms with Gasteiger partial charge in [-0.05, 0) is 12.1 Å². The molecule has 0 unspecified atom stereocenters. The van der Waals surface area contributed by atoms with Crippen molar-refractivity contribution in [2.24, 2.45) is 7.05 Å². The molecule has 1 amide bonds. The second kappa shape index (κ2) is 6.30. The van der Waals surface area contributed by atoms with Crippen LogP contribution in [0.15, 0.2) is 18.3 Å². The Bertz CT molecular complexity index is 1050. The number of ether oxygens (including phenoxy) is 1. The van der Waals surface area contributed by atoms with Crippen molar-refractivity contribution in [2.75, 3.05) is 12.4 Å². The van der Waals surface area contributed by atoms with E-state index in [1.54, 1.807) is 0 Å². The van der Waals surface area contributed by atoms with Crippen LogP contribution in [0.1, 0.15) is 20.9 Å². The van der Waals surface area contributed by atoms with Crippen LogP contribution < -0.4 is 10.1 Å². The number of aryl methyl sites for hydroxylation is 1. The Morgan fingerprint density at radius 1 is 1.42 bits per heavy atom. The van der Waals surface area contributed by atoms with Crippen molar-refractivity contribution in [1.82, 2.24) is 14.8 Å². The van der Waals surface area contributed by atoms with E-state index in [0.29, 0.717) is 11.3 Å². The molecule has 0 saturated carbocycles. The van der Waals surface area contributed by atoms with Crippen molar-refractivity contribution in [3.63, 3.8) is 0 Å². The fraction of sp³-hybridized carbons (Fsp3) is 0.200. The molecule has 3 aromatic rings. The van der Waals surface area contributed by atoms with E-state index in [9.17, 15) is 18.0 Å². The molecule has 0 fully saturated rings. The van der Waals surface area contributed by atoms with E-state index >= 15 is 0 Å². The number of anilines is 1. The Labute approximate surface area is 148 Å². The first-order valence-corrected chi connectivity index (χ1v) is 7.86. The molecule has 1 aromatic carbocycles. The Morgan fingerprint density at radius 2 is 2.15 bits per heavy atom. The molecule has 0 spiro atoms. The molecular formula is C15H10F3N5O2S. The number of thiazole rings is 1. The molecule has 2 heterocycles. The molecule has 11 heteroatoms. The molecule has 7 nitrogen and oxygen atoms in total. The van der Waals surface area contributed by atoms with E-state index in [0.717, 1.165) is 0 Å². The maximum atomic E-state index is 13.0. The zero-order valence-electron chi connectivity index (χ0n) is 13.4. The molecule has 0 atom stereocenters. The second-order valence-corrected chi connectivity index (χ2v) is 6.11. The third-order valence-corrected chi connectivity index (χ3v) is 4.64. The normalized spacial score (nSPS) is 11.4. The van der Waals surface area contributed by atoms with Crippen molar-refractivity contribution in [3.05, 3.63) is 34.5 Å². The summed E-state index contributed by atoms with van der Waals surface area (Å²) in [5.41, 5.74) is 0.0627. The van der Waals surface area contributed by atoms with Crippen LogP contribution in [0.2, 0.25) is 0 Å². The Kier molecular flexibility index (Phi) is 4.29. The molecule has 0 bridgehead atoms. The van der Waals surface area contributed by atoms with Crippen LogP contribution in [0.4, 0.5) is 19.0 Å². The number of halogens is 3. The number of amides is 1. The van der Waals surface area contributed by atoms with Crippen molar-refractivity contribution in [1.29, 1.82) is 5.26 Å². The lowest BCUT2D eigenvalue weighted by Gasteiger charge is -2.08. The fourth-order valence-corrected chi connectivity index (χ4v) is 3.25. The van der Waals surface area contributed by atoms with Crippen molar-refractivity contribution >= 4 is 33.3 Å². The third kappa shape index (κ3) is 2.95. The van der Waals surface area contributed by atoms with Crippen LogP contribution in [-0.4, -0.2) is 27.8 Å². The third-order valence-electron chi connectivity index (χ3n) is 3.50. The zero-order chi connectivity index (χ0) is 19.1. The number of rotatable bonds is 3. The molecule has 1 N–H and O–H groups in total. The largest absolute Gasteiger partial charge is 0.494 e. The maximum absolute atomic E-state index is 13.0. The van der Waals surface area contributed by atoms with Gasteiger partial charge in [-0.15, -0.1) is 11.3 Å². The Morgan fingerprint density at radius 3 is 2.77 bits per heavy atom. The number of hydrogen-bond acceptors (Lipinski definition) is 6. The Balaban J connectivity index is 2.10. The Hall–Kier alpha value is -3.13. The van der Waals surface area contributed by atoms with Crippen LogP contribution >= 0.6 is 11.3 Å². The van der Waals surface area contributed by atoms with Crippen LogP contribution in [0, 0.1) is 11.3 Å². The highest BCUT2D eigenvalue weighted by atomic mass is 32.1. The minimum absolute atomic E-state index is 0.0149. The molecule has 3 rings (SSSR count). The summed E-state index contributed by atoms with van der Waals surface area (Å²) in [6.45, 7) is 0. The van der Waals surface area contributed by atoms with Crippen molar-refractivity contribution in [2.45, 2.75) is 6.18 Å². The van der Waals surface area contributed by atoms with Gasteiger partial charge in [-0.1, -0.05) is 0 Å². The lowest BCUT2D eigenvalue weighted by molar-refractivity contribution is -0.137. The van der Waals surface area contributed by atoms with Crippen molar-refractivity contribution in [3.8, 4) is 11.8 Å². The van der Waals surface area contributed by atoms with Gasteiger partial charge >= 0.3 is 6.18 Å². The molecule has 0 radical (unpaired) electrons. The molecule has 0 aliphatic heterocycles. The summed E-state index contributed by atoms with van der Waals surface area (Å²) >= 11 is 0.351. The molecular weight excluding hydrogens is 371 g/mol. The lowest BCUT2D eigenvalue weighted by Crippen LogP contribution is -2.15. The molecule has 26 heavy (non-hydrogen) atoms. The van der Waals surface area contributed by atoms with E-state index in [1.807, 2.05) is 6.07 Å². The number of carbonyl (C=O) groups excluding carboxylic acids is 1. The standard InChI is InChI=1S/C15H10F3N5O2S/c1-23-12(7(5-19)6-20-23)22-13(24)8-3-4-9(25-2)10-11(8)26-14(21-10)15(16,17)18/h3-4,6H,1-2H3,(H,22,24). The number of hydrogen-bond donors (Lipinski definition) is 1. The summed E-state index contributed by atoms with van der Waals surface area (Å²) in [6.07, 6.45) is -3.37. The first-order valence-electron chi connectivity index (χ1n) is 7.04. The first kappa shape index (κ1) is 17.7. The molecule has 0 saturated heterocycles. The van der Waals surface area contributed by atoms with Crippen LogP contribution in [0.3, 0.4) is 0 Å². The smallest absolute Gasteiger partial charge is 0.443 e. The summed E-state index contributed by atoms with van der Waals surface area (Å²) in [4.78, 5) is 16.2. The van der Waals surface area contributed by atoms with Gasteiger partial charge in [-0.2, -0.15) is 23.5 Å². The fourth-order valence-electron chi connectivity index (χ4n) is 2.29. The molecule has 134 valence electrons. The molecule has 0 aliphatic rings. The van der Waals surface area contributed by atoms with Crippen LogP contribution in [0.5, 0.6) is 5.75 Å². The number of nitrogens with one attached hydrogen (secondary N) is 1. The van der Waals surface area contributed by atoms with Gasteiger partial charge in [0.25, 0.3) is 5.91 Å². The van der Waals surface area contributed by atoms with Gasteiger partial charge in [0.2, 0.25) is 0 Å². The second-order valence-electron chi connectivity index (χ2n) is 5.11. The average molecular weight is 381 g/mol. The van der Waals surface area contributed by atoms with E-state index in [2.05, 4.69) is 15.4 Å². The predicted molar refractivity (Wildman–Crippen MR) is 87.1 cm³/mol. The number of nitrogens with zero attached hydrogens (tertiary/aromatic N) is 4. The van der Waals surface area contributed by atoms with Gasteiger partial charge in [0, 0.05) is 7.05 Å². The highest BCUT2D eigenvalue weighted by Gasteiger charge is 2.36. The number of alkyl halides is 3. The number of aromatic nitrogens is 3. The summed E-state index contributed by atoms with van der Waals surface area (Å²) < 4.78 is 45.4. The lowest BCUT2D eigenvalue weighted by atomic mass is 10.2. The average Bonchev–Trinajstić information content (AvgIpc) is 3.18. The number of nitriles is 1. The SMILES string of the molecule is COc1ccc(C(=O)Nc2c(C#N)cnn2C)c2sc(C(F)(F)F)nc12. The van der Waals surface area contributed by atoms with E-state index < -0.39 is 17.1 Å². The summed E-state index contributed by atoms with van der Waals surface area (Å²) in [7, 11) is 2.82. The summed E-state index contributed by atoms with van der Waals surface area (Å²) in [6, 6.07) is 4.59. The van der Waals surface area contributed by atoms with Gasteiger partial charge in [0.1, 0.15) is 28.7 Å². The van der Waals surface area contributed by atoms with Gasteiger partial charge in [0.05, 0.1) is 23.6 Å². The zero-order valence-corrected chi connectivity index (χ0v) is 14.2. The minimum atomic E-state index is -4.64. The van der Waals surface area contributed by atoms with Gasteiger partial charge in [-0.25, -0.2) is 4.98 Å². The summed E-state index contributed by atoms with van der Waals surface area (Å²) in [5.74, 6) is -0.418. The van der Waals surface area contributed by atoms with E-state index in [4.69, 9.17) is 10.00 Å². The number of carbonyl (C=O) groups is 1. The van der Waals surface area contributed by atoms with E-state index in [1.165, 1.54) is 37.2 Å². The maximum Gasteiger partial charge on any atom is 0.443 e. The first-order chi connectivity index (χ1) is 12.3.